The summed E-state index contributed by atoms with van der Waals surface area (Å²) in [5, 5.41) is 12.6. The quantitative estimate of drug-likeness (QED) is 0.342. The van der Waals surface area contributed by atoms with Crippen LogP contribution in [-0.4, -0.2) is 92.1 Å². The zero-order chi connectivity index (χ0) is 30.0. The second-order valence-electron chi connectivity index (χ2n) is 12.0. The number of aromatic nitrogens is 5. The predicted octanol–water partition coefficient (Wildman–Crippen LogP) is 3.94. The number of amides is 1. The van der Waals surface area contributed by atoms with Crippen molar-refractivity contribution >= 4 is 45.3 Å². The highest BCUT2D eigenvalue weighted by Crippen LogP contribution is 2.48. The van der Waals surface area contributed by atoms with Crippen LogP contribution in [0.15, 0.2) is 35.6 Å². The number of aryl methyl sites for hydroxylation is 1. The van der Waals surface area contributed by atoms with Crippen LogP contribution in [-0.2, 0) is 4.79 Å². The van der Waals surface area contributed by atoms with Crippen LogP contribution in [0.5, 0.6) is 5.75 Å². The lowest BCUT2D eigenvalue weighted by Gasteiger charge is -2.45. The Morgan fingerprint density at radius 2 is 1.98 bits per heavy atom. The Morgan fingerprint density at radius 1 is 1.19 bits per heavy atom. The maximum absolute atomic E-state index is 14.1. The first-order chi connectivity index (χ1) is 20.8. The first-order valence-corrected chi connectivity index (χ1v) is 15.3. The summed E-state index contributed by atoms with van der Waals surface area (Å²) in [7, 11) is 0. The van der Waals surface area contributed by atoms with Crippen molar-refractivity contribution in [2.75, 3.05) is 44.2 Å². The van der Waals surface area contributed by atoms with Gasteiger partial charge >= 0.3 is 5.69 Å². The Kier molecular flexibility index (Phi) is 6.89. The average molecular weight is 603 g/mol. The molecule has 3 aliphatic heterocycles. The van der Waals surface area contributed by atoms with Crippen LogP contribution in [0.3, 0.4) is 0 Å². The number of piperazine rings is 1. The smallest absolute Gasteiger partial charge is 0.350 e. The van der Waals surface area contributed by atoms with Crippen molar-refractivity contribution in [2.24, 2.45) is 0 Å². The first-order valence-electron chi connectivity index (χ1n) is 14.9. The zero-order valence-electron chi connectivity index (χ0n) is 24.6. The number of hydrogen-bond donors (Lipinski definition) is 1. The molecule has 1 N–H and O–H groups in total. The van der Waals surface area contributed by atoms with Crippen molar-refractivity contribution in [1.29, 1.82) is 0 Å². The molecule has 2 saturated heterocycles. The molecule has 4 aromatic rings. The molecular formula is C31H35ClN8O3. The molecular weight excluding hydrogens is 568 g/mol. The van der Waals surface area contributed by atoms with E-state index in [0.29, 0.717) is 59.4 Å². The number of benzene rings is 2. The molecule has 7 rings (SSSR count). The van der Waals surface area contributed by atoms with E-state index in [4.69, 9.17) is 21.3 Å². The minimum Gasteiger partial charge on any atom is -0.488 e. The van der Waals surface area contributed by atoms with Crippen LogP contribution in [0.2, 0.25) is 5.02 Å². The molecule has 43 heavy (non-hydrogen) atoms. The summed E-state index contributed by atoms with van der Waals surface area (Å²) >= 11 is 7.17. The van der Waals surface area contributed by atoms with Crippen LogP contribution in [0.4, 0.5) is 5.82 Å². The van der Waals surface area contributed by atoms with Crippen LogP contribution in [0.25, 0.3) is 33.1 Å². The molecule has 2 aromatic heterocycles. The molecule has 0 saturated carbocycles. The fraction of sp³-hybridized carbons (Fsp3) is 0.452. The second kappa shape index (κ2) is 10.6. The number of carbonyl (C=O) groups excluding carboxylic acids is 1. The number of nitrogens with one attached hydrogen (secondary N) is 1. The molecule has 0 aliphatic carbocycles. The van der Waals surface area contributed by atoms with Crippen molar-refractivity contribution in [2.45, 2.75) is 51.7 Å². The molecule has 5 heterocycles. The van der Waals surface area contributed by atoms with E-state index in [0.717, 1.165) is 48.0 Å². The summed E-state index contributed by atoms with van der Waals surface area (Å²) in [5.74, 6) is 1.01. The number of rotatable bonds is 5. The molecule has 0 radical (unpaired) electrons. The van der Waals surface area contributed by atoms with Gasteiger partial charge in [-0.1, -0.05) is 29.5 Å². The summed E-state index contributed by atoms with van der Waals surface area (Å²) in [6, 6.07) is 5.46. The Labute approximate surface area is 254 Å². The number of H-pyrrole nitrogens is 1. The maximum Gasteiger partial charge on any atom is 0.350 e. The highest BCUT2D eigenvalue weighted by molar-refractivity contribution is 6.35. The molecule has 2 fully saturated rings. The summed E-state index contributed by atoms with van der Waals surface area (Å²) in [6.07, 6.45) is 3.66. The number of anilines is 1. The second-order valence-corrected chi connectivity index (χ2v) is 12.4. The van der Waals surface area contributed by atoms with Gasteiger partial charge in [0.05, 0.1) is 22.1 Å². The Balaban J connectivity index is 1.46. The fourth-order valence-electron chi connectivity index (χ4n) is 7.09. The highest BCUT2D eigenvalue weighted by Gasteiger charge is 2.37. The number of carbonyl (C=O) groups is 1. The van der Waals surface area contributed by atoms with Gasteiger partial charge in [0, 0.05) is 48.2 Å². The van der Waals surface area contributed by atoms with Gasteiger partial charge in [-0.15, -0.1) is 5.10 Å². The van der Waals surface area contributed by atoms with E-state index in [-0.39, 0.29) is 29.7 Å². The van der Waals surface area contributed by atoms with Gasteiger partial charge < -0.3 is 19.4 Å². The molecule has 12 heteroatoms. The summed E-state index contributed by atoms with van der Waals surface area (Å²) in [4.78, 5) is 37.7. The van der Waals surface area contributed by atoms with E-state index in [1.807, 2.05) is 48.4 Å². The van der Waals surface area contributed by atoms with Crippen molar-refractivity contribution < 1.29 is 9.53 Å². The number of aromatic amines is 1. The van der Waals surface area contributed by atoms with Crippen molar-refractivity contribution in [1.82, 2.24) is 34.8 Å². The van der Waals surface area contributed by atoms with Gasteiger partial charge in [0.2, 0.25) is 5.91 Å². The molecule has 1 unspecified atom stereocenters. The molecule has 11 nitrogen and oxygen atoms in total. The topological polar surface area (TPSA) is 112 Å². The van der Waals surface area contributed by atoms with Gasteiger partial charge in [0.25, 0.3) is 0 Å². The molecule has 3 aliphatic rings. The van der Waals surface area contributed by atoms with E-state index in [9.17, 15) is 9.59 Å². The monoisotopic (exact) mass is 602 g/mol. The lowest BCUT2D eigenvalue weighted by molar-refractivity contribution is -0.128. The third kappa shape index (κ3) is 4.48. The largest absolute Gasteiger partial charge is 0.488 e. The van der Waals surface area contributed by atoms with Gasteiger partial charge in [-0.05, 0) is 70.5 Å². The van der Waals surface area contributed by atoms with E-state index in [2.05, 4.69) is 31.8 Å². The van der Waals surface area contributed by atoms with E-state index in [1.165, 1.54) is 6.08 Å². The molecule has 0 bridgehead atoms. The molecule has 3 atom stereocenters. The number of fused-ring (bicyclic) bond motifs is 1. The number of halogens is 1. The van der Waals surface area contributed by atoms with Crippen LogP contribution < -0.4 is 15.3 Å². The minimum atomic E-state index is -0.315. The number of ether oxygens (including phenoxy) is 1. The zero-order valence-corrected chi connectivity index (χ0v) is 25.4. The summed E-state index contributed by atoms with van der Waals surface area (Å²) < 4.78 is 8.45. The Hall–Kier alpha value is -3.96. The van der Waals surface area contributed by atoms with Crippen molar-refractivity contribution in [3.63, 3.8) is 0 Å². The van der Waals surface area contributed by atoms with Gasteiger partial charge in [0.15, 0.2) is 5.75 Å². The molecule has 1 amide bonds. The first kappa shape index (κ1) is 27.8. The van der Waals surface area contributed by atoms with Crippen molar-refractivity contribution in [3.05, 3.63) is 51.9 Å². The van der Waals surface area contributed by atoms with Crippen LogP contribution in [0, 0.1) is 6.92 Å². The number of nitrogens with zero attached hydrogens (tertiary/aromatic N) is 7. The minimum absolute atomic E-state index is 0.0941. The van der Waals surface area contributed by atoms with Crippen LogP contribution in [0.1, 0.15) is 38.3 Å². The van der Waals surface area contributed by atoms with Crippen LogP contribution >= 0.6 is 11.6 Å². The molecule has 224 valence electrons. The molecule has 0 spiro atoms. The Bertz CT molecular complexity index is 1830. The van der Waals surface area contributed by atoms with E-state index >= 15 is 0 Å². The third-order valence-corrected chi connectivity index (χ3v) is 9.52. The van der Waals surface area contributed by atoms with E-state index in [1.54, 1.807) is 0 Å². The third-order valence-electron chi connectivity index (χ3n) is 9.22. The summed E-state index contributed by atoms with van der Waals surface area (Å²) in [5.41, 5.74) is 4.33. The fourth-order valence-corrected chi connectivity index (χ4v) is 7.38. The molecule has 2 aromatic carbocycles. The predicted molar refractivity (Wildman–Crippen MR) is 167 cm³/mol. The standard InChI is InChI=1S/C31H35ClN8O3/c1-5-24(41)38-13-19(4)39(14-18(38)3)30-21-12-22(32)26(25-17(2)8-9-23-27(25)35-36-34-23)29-28(21)40(31(42)33-30)20(16-43-29)15-37-10-6-7-11-37/h5,8-9,12,18-20H,1,6-7,10-11,13-16H2,2-4H3,(H,34,35,36)/t18-,19+,20?/m1/s1. The van der Waals surface area contributed by atoms with Gasteiger partial charge in [-0.2, -0.15) is 4.98 Å². The Morgan fingerprint density at radius 3 is 2.74 bits per heavy atom. The number of hydrogen-bond acceptors (Lipinski definition) is 8. The lowest BCUT2D eigenvalue weighted by atomic mass is 9.95. The summed E-state index contributed by atoms with van der Waals surface area (Å²) in [6.45, 7) is 13.8. The number of likely N-dealkylation sites (tertiary alicyclic amines) is 1. The van der Waals surface area contributed by atoms with E-state index < -0.39 is 0 Å². The lowest BCUT2D eigenvalue weighted by Crippen LogP contribution is -2.58. The highest BCUT2D eigenvalue weighted by atomic mass is 35.5. The van der Waals surface area contributed by atoms with Gasteiger partial charge in [-0.25, -0.2) is 4.79 Å². The average Bonchev–Trinajstić information content (AvgIpc) is 3.69. The van der Waals surface area contributed by atoms with Gasteiger partial charge in [-0.3, -0.25) is 14.5 Å². The SMILES string of the molecule is C=CC(=O)N1C[C@H](C)N(c2nc(=O)n3c4c(c(-c5c(C)ccc6[nH]nnc56)c(Cl)cc24)OCC3CN2CCCC2)C[C@H]1C. The van der Waals surface area contributed by atoms with Gasteiger partial charge in [0.1, 0.15) is 17.9 Å². The maximum atomic E-state index is 14.1. The van der Waals surface area contributed by atoms with Crippen molar-refractivity contribution in [3.8, 4) is 16.9 Å². The normalized spacial score (nSPS) is 22.4.